The number of carboxylic acids is 1. The minimum Gasteiger partial charge on any atom is -0.481 e. The SMILES string of the molecule is O=C(O)CCCCNC(=O)COc1c(-c2csc(N3CCOCC3)n2)ccc(F)c1F. The Morgan fingerprint density at radius 1 is 1.26 bits per heavy atom. The standard InChI is InChI=1S/C20H23F2N3O5S/c21-14-5-4-13(15-12-31-20(24-15)25-7-9-29-10-8-25)19(18(14)22)30-11-16(26)23-6-2-1-3-17(27)28/h4-5,12H,1-3,6-11H2,(H,23,26)(H,27,28). The van der Waals surface area contributed by atoms with Gasteiger partial charge in [-0.3, -0.25) is 9.59 Å². The number of carbonyl (C=O) groups is 2. The van der Waals surface area contributed by atoms with Crippen molar-refractivity contribution >= 4 is 28.3 Å². The summed E-state index contributed by atoms with van der Waals surface area (Å²) < 4.78 is 38.9. The van der Waals surface area contributed by atoms with Crippen molar-refractivity contribution in [3.63, 3.8) is 0 Å². The molecule has 1 saturated heterocycles. The molecule has 1 amide bonds. The number of hydrogen-bond acceptors (Lipinski definition) is 7. The lowest BCUT2D eigenvalue weighted by Gasteiger charge is -2.26. The number of carbonyl (C=O) groups excluding carboxylic acids is 1. The van der Waals surface area contributed by atoms with Gasteiger partial charge in [0, 0.05) is 37.0 Å². The molecular formula is C20H23F2N3O5S. The van der Waals surface area contributed by atoms with Crippen LogP contribution in [-0.4, -0.2) is 61.4 Å². The number of aromatic nitrogens is 1. The summed E-state index contributed by atoms with van der Waals surface area (Å²) in [5, 5.41) is 13.6. The predicted molar refractivity (Wildman–Crippen MR) is 110 cm³/mol. The third kappa shape index (κ3) is 6.34. The van der Waals surface area contributed by atoms with Crippen molar-refractivity contribution in [1.29, 1.82) is 0 Å². The maximum atomic E-state index is 14.4. The maximum absolute atomic E-state index is 14.4. The number of rotatable bonds is 10. The van der Waals surface area contributed by atoms with Gasteiger partial charge in [-0.25, -0.2) is 9.37 Å². The normalized spacial score (nSPS) is 13.8. The molecule has 2 heterocycles. The molecule has 2 aromatic rings. The zero-order valence-electron chi connectivity index (χ0n) is 16.7. The second kappa shape index (κ2) is 11.0. The van der Waals surface area contributed by atoms with E-state index in [9.17, 15) is 18.4 Å². The summed E-state index contributed by atoms with van der Waals surface area (Å²) in [6.07, 6.45) is 0.930. The van der Waals surface area contributed by atoms with Crippen molar-refractivity contribution in [2.24, 2.45) is 0 Å². The zero-order chi connectivity index (χ0) is 22.2. The van der Waals surface area contributed by atoms with Crippen molar-refractivity contribution in [1.82, 2.24) is 10.3 Å². The van der Waals surface area contributed by atoms with Gasteiger partial charge < -0.3 is 24.8 Å². The van der Waals surface area contributed by atoms with Crippen molar-refractivity contribution in [3.05, 3.63) is 29.1 Å². The Hall–Kier alpha value is -2.79. The fraction of sp³-hybridized carbons (Fsp3) is 0.450. The highest BCUT2D eigenvalue weighted by molar-refractivity contribution is 7.14. The van der Waals surface area contributed by atoms with Gasteiger partial charge in [-0.2, -0.15) is 4.39 Å². The summed E-state index contributed by atoms with van der Waals surface area (Å²) in [7, 11) is 0. The molecule has 0 bridgehead atoms. The third-order valence-electron chi connectivity index (χ3n) is 4.59. The van der Waals surface area contributed by atoms with Gasteiger partial charge in [0.15, 0.2) is 23.3 Å². The molecule has 0 atom stereocenters. The molecule has 3 rings (SSSR count). The molecule has 0 unspecified atom stereocenters. The Bertz CT molecular complexity index is 918. The fourth-order valence-corrected chi connectivity index (χ4v) is 3.86. The molecular weight excluding hydrogens is 432 g/mol. The molecule has 1 aromatic carbocycles. The molecule has 0 spiro atoms. The van der Waals surface area contributed by atoms with E-state index in [-0.39, 0.29) is 24.3 Å². The van der Waals surface area contributed by atoms with Crippen LogP contribution in [0.1, 0.15) is 19.3 Å². The molecule has 0 saturated carbocycles. The quantitative estimate of drug-likeness (QED) is 0.531. The second-order valence-electron chi connectivity index (χ2n) is 6.84. The third-order valence-corrected chi connectivity index (χ3v) is 5.49. The highest BCUT2D eigenvalue weighted by atomic mass is 32.1. The number of nitrogens with one attached hydrogen (secondary N) is 1. The maximum Gasteiger partial charge on any atom is 0.303 e. The van der Waals surface area contributed by atoms with Crippen LogP contribution in [0.15, 0.2) is 17.5 Å². The lowest BCUT2D eigenvalue weighted by atomic mass is 10.1. The molecule has 0 aliphatic carbocycles. The van der Waals surface area contributed by atoms with E-state index >= 15 is 0 Å². The van der Waals surface area contributed by atoms with Crippen LogP contribution in [0.2, 0.25) is 0 Å². The van der Waals surface area contributed by atoms with Crippen LogP contribution in [0.3, 0.4) is 0 Å². The number of morpholine rings is 1. The molecule has 31 heavy (non-hydrogen) atoms. The van der Waals surface area contributed by atoms with Crippen LogP contribution in [-0.2, 0) is 14.3 Å². The summed E-state index contributed by atoms with van der Waals surface area (Å²) in [5.41, 5.74) is 0.679. The van der Waals surface area contributed by atoms with Gasteiger partial charge in [-0.15, -0.1) is 11.3 Å². The molecule has 8 nitrogen and oxygen atoms in total. The van der Waals surface area contributed by atoms with Crippen LogP contribution in [0.25, 0.3) is 11.3 Å². The molecule has 11 heteroatoms. The molecule has 1 fully saturated rings. The smallest absolute Gasteiger partial charge is 0.303 e. The molecule has 1 aromatic heterocycles. The fourth-order valence-electron chi connectivity index (χ4n) is 2.98. The first-order valence-corrected chi connectivity index (χ1v) is 10.7. The van der Waals surface area contributed by atoms with E-state index in [0.29, 0.717) is 44.8 Å². The first-order chi connectivity index (χ1) is 15.0. The number of carboxylic acid groups (broad SMARTS) is 1. The molecule has 168 valence electrons. The number of aliphatic carboxylic acids is 1. The van der Waals surface area contributed by atoms with Gasteiger partial charge in [0.2, 0.25) is 5.82 Å². The van der Waals surface area contributed by atoms with Crippen molar-refractivity contribution < 1.29 is 33.0 Å². The summed E-state index contributed by atoms with van der Waals surface area (Å²) >= 11 is 1.38. The van der Waals surface area contributed by atoms with E-state index in [0.717, 1.165) is 11.2 Å². The minimum absolute atomic E-state index is 0.0182. The summed E-state index contributed by atoms with van der Waals surface area (Å²) in [5.74, 6) is -4.07. The number of amides is 1. The van der Waals surface area contributed by atoms with Gasteiger partial charge >= 0.3 is 5.97 Å². The zero-order valence-corrected chi connectivity index (χ0v) is 17.6. The van der Waals surface area contributed by atoms with Crippen LogP contribution >= 0.6 is 11.3 Å². The van der Waals surface area contributed by atoms with Gasteiger partial charge in [-0.05, 0) is 25.0 Å². The van der Waals surface area contributed by atoms with Crippen molar-refractivity contribution in [2.45, 2.75) is 19.3 Å². The highest BCUT2D eigenvalue weighted by Gasteiger charge is 2.21. The first kappa shape index (κ1) is 22.9. The van der Waals surface area contributed by atoms with Crippen LogP contribution in [0, 0.1) is 11.6 Å². The number of halogens is 2. The molecule has 2 N–H and O–H groups in total. The Morgan fingerprint density at radius 3 is 2.77 bits per heavy atom. The Morgan fingerprint density at radius 2 is 2.03 bits per heavy atom. The van der Waals surface area contributed by atoms with E-state index in [2.05, 4.69) is 15.2 Å². The largest absolute Gasteiger partial charge is 0.481 e. The first-order valence-electron chi connectivity index (χ1n) is 9.83. The van der Waals surface area contributed by atoms with E-state index in [1.165, 1.54) is 17.4 Å². The summed E-state index contributed by atoms with van der Waals surface area (Å²) in [6.45, 7) is 2.34. The van der Waals surface area contributed by atoms with Crippen LogP contribution < -0.4 is 15.0 Å². The van der Waals surface area contributed by atoms with Crippen molar-refractivity contribution in [2.75, 3.05) is 44.4 Å². The number of unbranched alkanes of at least 4 members (excludes halogenated alkanes) is 1. The Balaban J connectivity index is 1.64. The second-order valence-corrected chi connectivity index (χ2v) is 7.68. The average Bonchev–Trinajstić information content (AvgIpc) is 3.25. The summed E-state index contributed by atoms with van der Waals surface area (Å²) in [4.78, 5) is 29.0. The Kier molecular flexibility index (Phi) is 8.13. The lowest BCUT2D eigenvalue weighted by molar-refractivity contribution is -0.137. The monoisotopic (exact) mass is 455 g/mol. The number of thiazole rings is 1. The lowest BCUT2D eigenvalue weighted by Crippen LogP contribution is -2.36. The topological polar surface area (TPSA) is 101 Å². The number of ether oxygens (including phenoxy) is 2. The Labute approximate surface area is 181 Å². The van der Waals surface area contributed by atoms with Gasteiger partial charge in [0.25, 0.3) is 5.91 Å². The van der Waals surface area contributed by atoms with Gasteiger partial charge in [0.1, 0.15) is 0 Å². The minimum atomic E-state index is -1.19. The van der Waals surface area contributed by atoms with E-state index in [4.69, 9.17) is 14.6 Å². The van der Waals surface area contributed by atoms with Crippen LogP contribution in [0.5, 0.6) is 5.75 Å². The number of hydrogen-bond donors (Lipinski definition) is 2. The summed E-state index contributed by atoms with van der Waals surface area (Å²) in [6, 6.07) is 2.36. The molecule has 0 radical (unpaired) electrons. The number of nitrogens with zero attached hydrogens (tertiary/aromatic N) is 2. The number of anilines is 1. The molecule has 1 aliphatic rings. The average molecular weight is 455 g/mol. The van der Waals surface area contributed by atoms with Gasteiger partial charge in [-0.1, -0.05) is 0 Å². The predicted octanol–water partition coefficient (Wildman–Crippen LogP) is 2.67. The highest BCUT2D eigenvalue weighted by Crippen LogP contribution is 2.36. The van der Waals surface area contributed by atoms with Crippen molar-refractivity contribution in [3.8, 4) is 17.0 Å². The number of benzene rings is 1. The van der Waals surface area contributed by atoms with E-state index in [1.807, 2.05) is 0 Å². The van der Waals surface area contributed by atoms with Gasteiger partial charge in [0.05, 0.1) is 18.9 Å². The van der Waals surface area contributed by atoms with E-state index < -0.39 is 30.1 Å². The molecule has 1 aliphatic heterocycles. The van der Waals surface area contributed by atoms with Crippen LogP contribution in [0.4, 0.5) is 13.9 Å². The van der Waals surface area contributed by atoms with E-state index in [1.54, 1.807) is 5.38 Å².